The molecular formula is C23H21N5O2. The summed E-state index contributed by atoms with van der Waals surface area (Å²) in [5.74, 6) is 1.21. The van der Waals surface area contributed by atoms with E-state index in [2.05, 4.69) is 20.4 Å². The molecule has 0 spiro atoms. The molecule has 4 aromatic rings. The van der Waals surface area contributed by atoms with E-state index in [4.69, 9.17) is 4.74 Å². The Bertz CT molecular complexity index is 1180. The standard InChI is InChI=1S/C23H21N5O2/c1-15(20-6-2-3-13-24-20)30-18-11-9-16(10-12-18)19-5-4-14-28-21(19)25-23(27-28)26-22(29)17-7-8-17/h2-6,9-15,17H,7-8H2,1H3,(H,26,27,29). The number of carbonyl (C=O) groups is 1. The van der Waals surface area contributed by atoms with Crippen molar-refractivity contribution < 1.29 is 9.53 Å². The Morgan fingerprint density at radius 2 is 1.97 bits per heavy atom. The number of hydrogen-bond donors (Lipinski definition) is 1. The van der Waals surface area contributed by atoms with Crippen LogP contribution in [0.15, 0.2) is 67.0 Å². The van der Waals surface area contributed by atoms with Gasteiger partial charge in [-0.25, -0.2) is 4.52 Å². The quantitative estimate of drug-likeness (QED) is 0.523. The number of carbonyl (C=O) groups excluding carboxylic acids is 1. The van der Waals surface area contributed by atoms with Gasteiger partial charge in [-0.05, 0) is 61.7 Å². The molecule has 7 heteroatoms. The van der Waals surface area contributed by atoms with Gasteiger partial charge in [-0.3, -0.25) is 15.1 Å². The maximum absolute atomic E-state index is 12.0. The molecule has 150 valence electrons. The molecule has 0 bridgehead atoms. The van der Waals surface area contributed by atoms with E-state index in [0.717, 1.165) is 35.4 Å². The zero-order valence-electron chi connectivity index (χ0n) is 16.5. The van der Waals surface area contributed by atoms with Gasteiger partial charge in [-0.15, -0.1) is 5.10 Å². The number of pyridine rings is 2. The fourth-order valence-electron chi connectivity index (χ4n) is 3.34. The van der Waals surface area contributed by atoms with Crippen molar-refractivity contribution in [2.24, 2.45) is 5.92 Å². The highest BCUT2D eigenvalue weighted by atomic mass is 16.5. The molecule has 1 aliphatic carbocycles. The number of rotatable bonds is 6. The van der Waals surface area contributed by atoms with Crippen LogP contribution >= 0.6 is 0 Å². The molecule has 3 aromatic heterocycles. The molecule has 30 heavy (non-hydrogen) atoms. The van der Waals surface area contributed by atoms with Crippen molar-refractivity contribution >= 4 is 17.5 Å². The SMILES string of the molecule is CC(Oc1ccc(-c2cccn3nc(NC(=O)C4CC4)nc23)cc1)c1ccccn1. The number of hydrogen-bond acceptors (Lipinski definition) is 5. The molecule has 0 saturated heterocycles. The minimum atomic E-state index is -0.144. The summed E-state index contributed by atoms with van der Waals surface area (Å²) < 4.78 is 7.70. The molecule has 1 atom stereocenters. The summed E-state index contributed by atoms with van der Waals surface area (Å²) in [6.07, 6.45) is 5.33. The second kappa shape index (κ2) is 7.59. The normalized spacial score (nSPS) is 14.4. The summed E-state index contributed by atoms with van der Waals surface area (Å²) >= 11 is 0. The third-order valence-electron chi connectivity index (χ3n) is 5.13. The Morgan fingerprint density at radius 3 is 2.70 bits per heavy atom. The molecule has 1 fully saturated rings. The molecular weight excluding hydrogens is 378 g/mol. The van der Waals surface area contributed by atoms with E-state index >= 15 is 0 Å². The first-order valence-corrected chi connectivity index (χ1v) is 10.0. The number of nitrogens with one attached hydrogen (secondary N) is 1. The summed E-state index contributed by atoms with van der Waals surface area (Å²) in [5.41, 5.74) is 3.50. The molecule has 3 heterocycles. The van der Waals surface area contributed by atoms with Crippen LogP contribution in [0, 0.1) is 5.92 Å². The second-order valence-corrected chi connectivity index (χ2v) is 7.43. The fourth-order valence-corrected chi connectivity index (χ4v) is 3.34. The Morgan fingerprint density at radius 1 is 1.13 bits per heavy atom. The molecule has 1 N–H and O–H groups in total. The lowest BCUT2D eigenvalue weighted by Crippen LogP contribution is -2.14. The van der Waals surface area contributed by atoms with Crippen molar-refractivity contribution in [2.45, 2.75) is 25.9 Å². The third kappa shape index (κ3) is 3.74. The van der Waals surface area contributed by atoms with Gasteiger partial charge < -0.3 is 4.74 Å². The second-order valence-electron chi connectivity index (χ2n) is 7.43. The van der Waals surface area contributed by atoms with E-state index < -0.39 is 0 Å². The van der Waals surface area contributed by atoms with Gasteiger partial charge in [0.25, 0.3) is 0 Å². The largest absolute Gasteiger partial charge is 0.484 e. The van der Waals surface area contributed by atoms with Gasteiger partial charge in [-0.2, -0.15) is 4.98 Å². The van der Waals surface area contributed by atoms with Crippen LogP contribution in [-0.2, 0) is 4.79 Å². The first-order chi connectivity index (χ1) is 14.7. The summed E-state index contributed by atoms with van der Waals surface area (Å²) in [4.78, 5) is 20.9. The molecule has 7 nitrogen and oxygen atoms in total. The number of ether oxygens (including phenoxy) is 1. The molecule has 1 saturated carbocycles. The monoisotopic (exact) mass is 399 g/mol. The van der Waals surface area contributed by atoms with Crippen LogP contribution in [0.1, 0.15) is 31.6 Å². The molecule has 5 rings (SSSR count). The van der Waals surface area contributed by atoms with Crippen LogP contribution in [0.5, 0.6) is 5.75 Å². The van der Waals surface area contributed by atoms with E-state index in [1.54, 1.807) is 10.7 Å². The highest BCUT2D eigenvalue weighted by Crippen LogP contribution is 2.31. The summed E-state index contributed by atoms with van der Waals surface area (Å²) in [5, 5.41) is 7.19. The smallest absolute Gasteiger partial charge is 0.249 e. The number of aromatic nitrogens is 4. The number of amides is 1. The van der Waals surface area contributed by atoms with Crippen LogP contribution in [-0.4, -0.2) is 25.5 Å². The summed E-state index contributed by atoms with van der Waals surface area (Å²) in [7, 11) is 0. The van der Waals surface area contributed by atoms with Crippen LogP contribution in [0.4, 0.5) is 5.95 Å². The minimum Gasteiger partial charge on any atom is -0.484 e. The Hall–Kier alpha value is -3.74. The number of benzene rings is 1. The van der Waals surface area contributed by atoms with Crippen molar-refractivity contribution in [1.29, 1.82) is 0 Å². The average Bonchev–Trinajstić information content (AvgIpc) is 3.55. The predicted molar refractivity (Wildman–Crippen MR) is 113 cm³/mol. The van der Waals surface area contributed by atoms with Crippen LogP contribution < -0.4 is 10.1 Å². The zero-order chi connectivity index (χ0) is 20.5. The molecule has 0 radical (unpaired) electrons. The van der Waals surface area contributed by atoms with Crippen molar-refractivity contribution in [3.8, 4) is 16.9 Å². The van der Waals surface area contributed by atoms with Crippen molar-refractivity contribution in [3.05, 3.63) is 72.7 Å². The van der Waals surface area contributed by atoms with E-state index in [-0.39, 0.29) is 17.9 Å². The number of nitrogens with zero attached hydrogens (tertiary/aromatic N) is 4. The van der Waals surface area contributed by atoms with Gasteiger partial charge >= 0.3 is 0 Å². The molecule has 1 aromatic carbocycles. The van der Waals surface area contributed by atoms with Gasteiger partial charge in [-0.1, -0.05) is 18.2 Å². The predicted octanol–water partition coefficient (Wildman–Crippen LogP) is 4.28. The van der Waals surface area contributed by atoms with Gasteiger partial charge in [0, 0.05) is 23.9 Å². The zero-order valence-corrected chi connectivity index (χ0v) is 16.5. The van der Waals surface area contributed by atoms with Gasteiger partial charge in [0.05, 0.1) is 5.69 Å². The number of anilines is 1. The van der Waals surface area contributed by atoms with Gasteiger partial charge in [0.2, 0.25) is 11.9 Å². The lowest BCUT2D eigenvalue weighted by Gasteiger charge is -2.14. The van der Waals surface area contributed by atoms with Crippen LogP contribution in [0.3, 0.4) is 0 Å². The molecule has 1 aliphatic rings. The Balaban J connectivity index is 1.37. The van der Waals surface area contributed by atoms with Crippen molar-refractivity contribution in [1.82, 2.24) is 19.6 Å². The Kier molecular flexibility index (Phi) is 4.63. The average molecular weight is 399 g/mol. The maximum atomic E-state index is 12.0. The first kappa shape index (κ1) is 18.3. The maximum Gasteiger partial charge on any atom is 0.249 e. The van der Waals surface area contributed by atoms with Gasteiger partial charge in [0.1, 0.15) is 11.9 Å². The van der Waals surface area contributed by atoms with E-state index in [1.165, 1.54) is 0 Å². The van der Waals surface area contributed by atoms with Gasteiger partial charge in [0.15, 0.2) is 5.65 Å². The lowest BCUT2D eigenvalue weighted by molar-refractivity contribution is -0.117. The van der Waals surface area contributed by atoms with E-state index in [1.807, 2.05) is 67.7 Å². The Labute approximate surface area is 173 Å². The first-order valence-electron chi connectivity index (χ1n) is 10.0. The molecule has 1 unspecified atom stereocenters. The number of fused-ring (bicyclic) bond motifs is 1. The lowest BCUT2D eigenvalue weighted by atomic mass is 10.1. The van der Waals surface area contributed by atoms with E-state index in [9.17, 15) is 4.79 Å². The van der Waals surface area contributed by atoms with Crippen LogP contribution in [0.25, 0.3) is 16.8 Å². The summed E-state index contributed by atoms with van der Waals surface area (Å²) in [6, 6.07) is 17.5. The topological polar surface area (TPSA) is 81.4 Å². The highest BCUT2D eigenvalue weighted by Gasteiger charge is 2.30. The summed E-state index contributed by atoms with van der Waals surface area (Å²) in [6.45, 7) is 1.98. The fraction of sp³-hybridized carbons (Fsp3) is 0.217. The highest BCUT2D eigenvalue weighted by molar-refractivity contribution is 5.93. The molecule has 1 amide bonds. The molecule has 0 aliphatic heterocycles. The minimum absolute atomic E-state index is 0.00372. The van der Waals surface area contributed by atoms with E-state index in [0.29, 0.717) is 11.6 Å². The van der Waals surface area contributed by atoms with Crippen molar-refractivity contribution in [2.75, 3.05) is 5.32 Å². The van der Waals surface area contributed by atoms with Crippen molar-refractivity contribution in [3.63, 3.8) is 0 Å². The van der Waals surface area contributed by atoms with Crippen LogP contribution in [0.2, 0.25) is 0 Å². The third-order valence-corrected chi connectivity index (χ3v) is 5.13.